The van der Waals surface area contributed by atoms with E-state index in [-0.39, 0.29) is 4.90 Å². The highest BCUT2D eigenvalue weighted by molar-refractivity contribution is 9.11. The lowest BCUT2D eigenvalue weighted by atomic mass is 10.2. The van der Waals surface area contributed by atoms with Crippen molar-refractivity contribution in [2.45, 2.75) is 18.7 Å². The van der Waals surface area contributed by atoms with E-state index >= 15 is 0 Å². The molecule has 2 rings (SSSR count). The molecule has 7 heteroatoms. The molecule has 0 saturated heterocycles. The van der Waals surface area contributed by atoms with E-state index in [1.165, 1.54) is 11.3 Å². The average Bonchev–Trinajstić information content (AvgIpc) is 2.65. The van der Waals surface area contributed by atoms with E-state index in [4.69, 9.17) is 5.73 Å². The fourth-order valence-electron chi connectivity index (χ4n) is 1.66. The van der Waals surface area contributed by atoms with Crippen LogP contribution in [0.5, 0.6) is 0 Å². The van der Waals surface area contributed by atoms with Gasteiger partial charge < -0.3 is 5.73 Å². The number of nitrogen functional groups attached to an aromatic ring is 1. The first-order chi connectivity index (χ1) is 8.81. The van der Waals surface area contributed by atoms with Crippen molar-refractivity contribution in [1.29, 1.82) is 0 Å². The van der Waals surface area contributed by atoms with E-state index in [0.717, 1.165) is 14.2 Å². The molecule has 102 valence electrons. The third kappa shape index (κ3) is 2.93. The van der Waals surface area contributed by atoms with Crippen LogP contribution in [0.15, 0.2) is 32.9 Å². The minimum absolute atomic E-state index is 0.284. The third-order valence-electron chi connectivity index (χ3n) is 2.75. The molecule has 19 heavy (non-hydrogen) atoms. The number of hydrogen-bond acceptors (Lipinski definition) is 4. The van der Waals surface area contributed by atoms with Crippen LogP contribution in [0.3, 0.4) is 0 Å². The summed E-state index contributed by atoms with van der Waals surface area (Å²) in [6.45, 7) is 3.56. The number of benzene rings is 1. The summed E-state index contributed by atoms with van der Waals surface area (Å²) < 4.78 is 28.0. The Balaban J connectivity index is 2.42. The van der Waals surface area contributed by atoms with Gasteiger partial charge in [0.15, 0.2) is 0 Å². The SMILES string of the molecule is Cc1sc(Br)cc1S(=O)(=O)Nc1cccc(N)c1C. The highest BCUT2D eigenvalue weighted by Gasteiger charge is 2.20. The zero-order chi connectivity index (χ0) is 14.2. The van der Waals surface area contributed by atoms with Gasteiger partial charge in [0.05, 0.1) is 9.47 Å². The predicted octanol–water partition coefficient (Wildman–Crippen LogP) is 3.51. The van der Waals surface area contributed by atoms with E-state index in [9.17, 15) is 8.42 Å². The smallest absolute Gasteiger partial charge is 0.263 e. The standard InChI is InChI=1S/C12H13BrN2O2S2/c1-7-9(14)4-3-5-10(7)15-19(16,17)11-6-12(13)18-8(11)2/h3-6,15H,14H2,1-2H3. The van der Waals surface area contributed by atoms with Crippen molar-refractivity contribution in [1.82, 2.24) is 0 Å². The fraction of sp³-hybridized carbons (Fsp3) is 0.167. The molecule has 2 aromatic rings. The Kier molecular flexibility index (Phi) is 3.89. The van der Waals surface area contributed by atoms with Crippen molar-refractivity contribution in [3.63, 3.8) is 0 Å². The minimum Gasteiger partial charge on any atom is -0.398 e. The summed E-state index contributed by atoms with van der Waals surface area (Å²) in [4.78, 5) is 1.02. The van der Waals surface area contributed by atoms with Gasteiger partial charge in [-0.2, -0.15) is 0 Å². The number of hydrogen-bond donors (Lipinski definition) is 2. The van der Waals surface area contributed by atoms with Crippen LogP contribution < -0.4 is 10.5 Å². The van der Waals surface area contributed by atoms with Gasteiger partial charge in [0.25, 0.3) is 10.0 Å². The molecule has 3 N–H and O–H groups in total. The molecule has 0 spiro atoms. The largest absolute Gasteiger partial charge is 0.398 e. The molecule has 1 heterocycles. The van der Waals surface area contributed by atoms with Gasteiger partial charge in [-0.25, -0.2) is 8.42 Å². The molecule has 0 aliphatic rings. The lowest BCUT2D eigenvalue weighted by Gasteiger charge is -2.11. The van der Waals surface area contributed by atoms with E-state index in [1.54, 1.807) is 38.1 Å². The molecule has 0 aliphatic carbocycles. The first kappa shape index (κ1) is 14.4. The Morgan fingerprint density at radius 1 is 1.32 bits per heavy atom. The van der Waals surface area contributed by atoms with Crippen molar-refractivity contribution in [2.75, 3.05) is 10.5 Å². The van der Waals surface area contributed by atoms with Gasteiger partial charge >= 0.3 is 0 Å². The van der Waals surface area contributed by atoms with Crippen LogP contribution in [-0.4, -0.2) is 8.42 Å². The van der Waals surface area contributed by atoms with Gasteiger partial charge in [-0.05, 0) is 53.5 Å². The van der Waals surface area contributed by atoms with Crippen molar-refractivity contribution < 1.29 is 8.42 Å². The molecule has 0 radical (unpaired) electrons. The second-order valence-electron chi connectivity index (χ2n) is 4.10. The maximum Gasteiger partial charge on any atom is 0.263 e. The Morgan fingerprint density at radius 3 is 2.58 bits per heavy atom. The predicted molar refractivity (Wildman–Crippen MR) is 83.2 cm³/mol. The zero-order valence-electron chi connectivity index (χ0n) is 10.4. The van der Waals surface area contributed by atoms with Gasteiger partial charge in [-0.15, -0.1) is 11.3 Å². The Labute approximate surface area is 124 Å². The number of nitrogens with one attached hydrogen (secondary N) is 1. The first-order valence-corrected chi connectivity index (χ1v) is 8.54. The molecule has 0 bridgehead atoms. The molecule has 0 atom stereocenters. The monoisotopic (exact) mass is 360 g/mol. The van der Waals surface area contributed by atoms with Crippen LogP contribution in [0, 0.1) is 13.8 Å². The summed E-state index contributed by atoms with van der Waals surface area (Å²) in [6, 6.07) is 6.75. The van der Waals surface area contributed by atoms with Crippen LogP contribution in [0.1, 0.15) is 10.4 Å². The van der Waals surface area contributed by atoms with Crippen molar-refractivity contribution >= 4 is 48.7 Å². The summed E-state index contributed by atoms with van der Waals surface area (Å²) in [5.41, 5.74) is 7.55. The number of rotatable bonds is 3. The molecule has 0 aliphatic heterocycles. The van der Waals surface area contributed by atoms with Crippen LogP contribution >= 0.6 is 27.3 Å². The number of thiophene rings is 1. The molecule has 0 saturated carbocycles. The van der Waals surface area contributed by atoms with E-state index in [1.807, 2.05) is 0 Å². The molecule has 4 nitrogen and oxygen atoms in total. The molecule has 0 amide bonds. The Bertz CT molecular complexity index is 723. The zero-order valence-corrected chi connectivity index (χ0v) is 13.6. The van der Waals surface area contributed by atoms with Crippen LogP contribution in [-0.2, 0) is 10.0 Å². The van der Waals surface area contributed by atoms with E-state index < -0.39 is 10.0 Å². The molecule has 1 aromatic heterocycles. The van der Waals surface area contributed by atoms with Gasteiger partial charge in [0.2, 0.25) is 0 Å². The normalized spacial score (nSPS) is 11.5. The number of anilines is 2. The van der Waals surface area contributed by atoms with Gasteiger partial charge in [0.1, 0.15) is 4.90 Å². The van der Waals surface area contributed by atoms with Crippen molar-refractivity contribution in [3.8, 4) is 0 Å². The molecular formula is C12H13BrN2O2S2. The van der Waals surface area contributed by atoms with E-state index in [2.05, 4.69) is 20.7 Å². The van der Waals surface area contributed by atoms with Crippen molar-refractivity contribution in [2.24, 2.45) is 0 Å². The molecule has 0 fully saturated rings. The minimum atomic E-state index is -3.59. The summed E-state index contributed by atoms with van der Waals surface area (Å²) >= 11 is 4.68. The van der Waals surface area contributed by atoms with Gasteiger partial charge in [-0.3, -0.25) is 4.72 Å². The Hall–Kier alpha value is -1.05. The number of nitrogens with two attached hydrogens (primary N) is 1. The topological polar surface area (TPSA) is 72.2 Å². The summed E-state index contributed by atoms with van der Waals surface area (Å²) in [5, 5.41) is 0. The van der Waals surface area contributed by atoms with Crippen LogP contribution in [0.25, 0.3) is 0 Å². The van der Waals surface area contributed by atoms with Crippen LogP contribution in [0.2, 0.25) is 0 Å². The second kappa shape index (κ2) is 5.15. The highest BCUT2D eigenvalue weighted by Crippen LogP contribution is 2.31. The van der Waals surface area contributed by atoms with Crippen LogP contribution in [0.4, 0.5) is 11.4 Å². The van der Waals surface area contributed by atoms with Gasteiger partial charge in [0, 0.05) is 10.6 Å². The maximum atomic E-state index is 12.3. The van der Waals surface area contributed by atoms with E-state index in [0.29, 0.717) is 11.4 Å². The quantitative estimate of drug-likeness (QED) is 0.822. The lowest BCUT2D eigenvalue weighted by Crippen LogP contribution is -2.14. The Morgan fingerprint density at radius 2 is 2.00 bits per heavy atom. The summed E-state index contributed by atoms with van der Waals surface area (Å²) in [7, 11) is -3.59. The number of sulfonamides is 1. The average molecular weight is 361 g/mol. The molecule has 1 aromatic carbocycles. The van der Waals surface area contributed by atoms with Crippen molar-refractivity contribution in [3.05, 3.63) is 38.5 Å². The molecule has 0 unspecified atom stereocenters. The fourth-order valence-corrected chi connectivity index (χ4v) is 5.20. The first-order valence-electron chi connectivity index (χ1n) is 5.45. The number of halogens is 1. The third-order valence-corrected chi connectivity index (χ3v) is 5.93. The number of aryl methyl sites for hydroxylation is 1. The summed E-state index contributed by atoms with van der Waals surface area (Å²) in [6.07, 6.45) is 0. The molecular weight excluding hydrogens is 348 g/mol. The lowest BCUT2D eigenvalue weighted by molar-refractivity contribution is 0.601. The second-order valence-corrected chi connectivity index (χ2v) is 8.38. The van der Waals surface area contributed by atoms with Gasteiger partial charge in [-0.1, -0.05) is 6.07 Å². The highest BCUT2D eigenvalue weighted by atomic mass is 79.9. The summed E-state index contributed by atoms with van der Waals surface area (Å²) in [5.74, 6) is 0. The maximum absolute atomic E-state index is 12.3.